The quantitative estimate of drug-likeness (QED) is 0.903. The third-order valence-electron chi connectivity index (χ3n) is 3.26. The number of hydrogen-bond donors (Lipinski definition) is 1. The summed E-state index contributed by atoms with van der Waals surface area (Å²) >= 11 is 0. The normalized spacial score (nSPS) is 16.3. The Bertz CT molecular complexity index is 447. The fourth-order valence-electron chi connectivity index (χ4n) is 2.35. The molecule has 0 bridgehead atoms. The van der Waals surface area contributed by atoms with Gasteiger partial charge in [0, 0.05) is 31.3 Å². The van der Waals surface area contributed by atoms with Crippen LogP contribution in [0.4, 0.5) is 5.82 Å². The summed E-state index contributed by atoms with van der Waals surface area (Å²) in [6.45, 7) is 6.18. The number of rotatable bonds is 4. The molecule has 5 heteroatoms. The predicted molar refractivity (Wildman–Crippen MR) is 74.8 cm³/mol. The molecular weight excluding hydrogens is 240 g/mol. The van der Waals surface area contributed by atoms with Crippen LogP contribution in [0.5, 0.6) is 0 Å². The minimum atomic E-state index is 0.229. The molecule has 1 aromatic rings. The van der Waals surface area contributed by atoms with Crippen molar-refractivity contribution < 1.29 is 4.79 Å². The van der Waals surface area contributed by atoms with E-state index in [9.17, 15) is 4.79 Å². The zero-order chi connectivity index (χ0) is 13.7. The van der Waals surface area contributed by atoms with E-state index in [4.69, 9.17) is 0 Å². The van der Waals surface area contributed by atoms with E-state index < -0.39 is 0 Å². The van der Waals surface area contributed by atoms with Crippen LogP contribution in [0.15, 0.2) is 6.07 Å². The highest BCUT2D eigenvalue weighted by molar-refractivity contribution is 5.76. The molecule has 5 nitrogen and oxygen atoms in total. The minimum absolute atomic E-state index is 0.229. The SMILES string of the molecule is CCNc1cc(C)nc(CN2CCCCCC2=O)n1. The molecule has 0 atom stereocenters. The molecule has 1 aliphatic rings. The summed E-state index contributed by atoms with van der Waals surface area (Å²) in [5.41, 5.74) is 0.934. The number of nitrogens with zero attached hydrogens (tertiary/aromatic N) is 3. The van der Waals surface area contributed by atoms with Crippen LogP contribution in [-0.2, 0) is 11.3 Å². The van der Waals surface area contributed by atoms with Crippen LogP contribution in [0.2, 0.25) is 0 Å². The molecule has 0 spiro atoms. The van der Waals surface area contributed by atoms with Crippen molar-refractivity contribution in [2.75, 3.05) is 18.4 Å². The maximum Gasteiger partial charge on any atom is 0.222 e. The lowest BCUT2D eigenvalue weighted by atomic mass is 10.2. The molecule has 104 valence electrons. The number of aryl methyl sites for hydroxylation is 1. The monoisotopic (exact) mass is 262 g/mol. The Morgan fingerprint density at radius 2 is 2.16 bits per heavy atom. The largest absolute Gasteiger partial charge is 0.370 e. The van der Waals surface area contributed by atoms with Gasteiger partial charge in [-0.05, 0) is 26.7 Å². The molecule has 2 heterocycles. The van der Waals surface area contributed by atoms with Crippen molar-refractivity contribution in [3.05, 3.63) is 17.6 Å². The van der Waals surface area contributed by atoms with Crippen molar-refractivity contribution in [3.8, 4) is 0 Å². The zero-order valence-corrected chi connectivity index (χ0v) is 11.8. The summed E-state index contributed by atoms with van der Waals surface area (Å²) in [6, 6.07) is 1.93. The van der Waals surface area contributed by atoms with E-state index in [0.29, 0.717) is 13.0 Å². The van der Waals surface area contributed by atoms with Gasteiger partial charge in [-0.25, -0.2) is 9.97 Å². The Morgan fingerprint density at radius 3 is 2.95 bits per heavy atom. The second-order valence-electron chi connectivity index (χ2n) is 4.97. The molecule has 1 aromatic heterocycles. The molecule has 2 rings (SSSR count). The van der Waals surface area contributed by atoms with Gasteiger partial charge in [-0.2, -0.15) is 0 Å². The standard InChI is InChI=1S/C14H22N4O/c1-3-15-12-9-11(2)16-13(17-12)10-18-8-6-4-5-7-14(18)19/h9H,3-8,10H2,1-2H3,(H,15,16,17). The first-order chi connectivity index (χ1) is 9.19. The summed E-state index contributed by atoms with van der Waals surface area (Å²) in [5.74, 6) is 1.80. The Balaban J connectivity index is 2.10. The van der Waals surface area contributed by atoms with E-state index >= 15 is 0 Å². The van der Waals surface area contributed by atoms with E-state index in [-0.39, 0.29) is 5.91 Å². The van der Waals surface area contributed by atoms with Crippen molar-refractivity contribution in [3.63, 3.8) is 0 Å². The molecule has 0 aliphatic carbocycles. The molecule has 0 unspecified atom stereocenters. The molecule has 1 fully saturated rings. The Hall–Kier alpha value is -1.65. The van der Waals surface area contributed by atoms with Crippen molar-refractivity contribution in [1.29, 1.82) is 0 Å². The average molecular weight is 262 g/mol. The fourth-order valence-corrected chi connectivity index (χ4v) is 2.35. The lowest BCUT2D eigenvalue weighted by molar-refractivity contribution is -0.131. The van der Waals surface area contributed by atoms with Crippen LogP contribution >= 0.6 is 0 Å². The van der Waals surface area contributed by atoms with Crippen molar-refractivity contribution >= 4 is 11.7 Å². The number of amides is 1. The highest BCUT2D eigenvalue weighted by Crippen LogP contribution is 2.14. The van der Waals surface area contributed by atoms with Gasteiger partial charge in [0.15, 0.2) is 0 Å². The minimum Gasteiger partial charge on any atom is -0.370 e. The smallest absolute Gasteiger partial charge is 0.222 e. The third-order valence-corrected chi connectivity index (χ3v) is 3.26. The van der Waals surface area contributed by atoms with Crippen molar-refractivity contribution in [2.24, 2.45) is 0 Å². The van der Waals surface area contributed by atoms with Crippen LogP contribution in [0.25, 0.3) is 0 Å². The summed E-state index contributed by atoms with van der Waals surface area (Å²) in [7, 11) is 0. The number of hydrogen-bond acceptors (Lipinski definition) is 4. The van der Waals surface area contributed by atoms with E-state index in [1.165, 1.54) is 0 Å². The second-order valence-corrected chi connectivity index (χ2v) is 4.97. The van der Waals surface area contributed by atoms with Crippen LogP contribution < -0.4 is 5.32 Å². The number of aromatic nitrogens is 2. The number of anilines is 1. The number of nitrogens with one attached hydrogen (secondary N) is 1. The lowest BCUT2D eigenvalue weighted by Gasteiger charge is -2.20. The van der Waals surface area contributed by atoms with Gasteiger partial charge >= 0.3 is 0 Å². The van der Waals surface area contributed by atoms with E-state index in [1.807, 2.05) is 24.8 Å². The van der Waals surface area contributed by atoms with Gasteiger partial charge in [0.05, 0.1) is 6.54 Å². The molecule has 0 saturated carbocycles. The van der Waals surface area contributed by atoms with Crippen LogP contribution in [0.1, 0.15) is 44.1 Å². The van der Waals surface area contributed by atoms with E-state index in [0.717, 1.165) is 49.7 Å². The van der Waals surface area contributed by atoms with Gasteiger partial charge in [-0.3, -0.25) is 4.79 Å². The summed E-state index contributed by atoms with van der Waals surface area (Å²) in [4.78, 5) is 22.8. The molecule has 19 heavy (non-hydrogen) atoms. The van der Waals surface area contributed by atoms with Gasteiger partial charge in [-0.15, -0.1) is 0 Å². The van der Waals surface area contributed by atoms with Crippen molar-refractivity contribution in [1.82, 2.24) is 14.9 Å². The lowest BCUT2D eigenvalue weighted by Crippen LogP contribution is -2.30. The number of carbonyl (C=O) groups is 1. The number of likely N-dealkylation sites (tertiary alicyclic amines) is 1. The Kier molecular flexibility index (Phi) is 4.71. The molecule has 1 N–H and O–H groups in total. The van der Waals surface area contributed by atoms with Crippen LogP contribution in [-0.4, -0.2) is 33.9 Å². The molecule has 0 aromatic carbocycles. The first-order valence-electron chi connectivity index (χ1n) is 7.05. The molecule has 1 amide bonds. The van der Waals surface area contributed by atoms with E-state index in [2.05, 4.69) is 15.3 Å². The van der Waals surface area contributed by atoms with Gasteiger partial charge in [-0.1, -0.05) is 6.42 Å². The van der Waals surface area contributed by atoms with Gasteiger partial charge in [0.1, 0.15) is 11.6 Å². The van der Waals surface area contributed by atoms with E-state index in [1.54, 1.807) is 0 Å². The highest BCUT2D eigenvalue weighted by atomic mass is 16.2. The average Bonchev–Trinajstić information content (AvgIpc) is 2.55. The summed E-state index contributed by atoms with van der Waals surface area (Å²) in [6.07, 6.45) is 3.88. The highest BCUT2D eigenvalue weighted by Gasteiger charge is 2.18. The maximum absolute atomic E-state index is 12.0. The maximum atomic E-state index is 12.0. The first kappa shape index (κ1) is 13.8. The van der Waals surface area contributed by atoms with Gasteiger partial charge in [0.25, 0.3) is 0 Å². The number of carbonyl (C=O) groups excluding carboxylic acids is 1. The van der Waals surface area contributed by atoms with Crippen LogP contribution in [0.3, 0.4) is 0 Å². The van der Waals surface area contributed by atoms with Gasteiger partial charge in [0.2, 0.25) is 5.91 Å². The first-order valence-corrected chi connectivity index (χ1v) is 7.05. The molecule has 0 radical (unpaired) electrons. The second kappa shape index (κ2) is 6.50. The Morgan fingerprint density at radius 1 is 1.32 bits per heavy atom. The van der Waals surface area contributed by atoms with Crippen LogP contribution in [0, 0.1) is 6.92 Å². The zero-order valence-electron chi connectivity index (χ0n) is 11.8. The topological polar surface area (TPSA) is 58.1 Å². The fraction of sp³-hybridized carbons (Fsp3) is 0.643. The Labute approximate surface area is 114 Å². The predicted octanol–water partition coefficient (Wildman–Crippen LogP) is 2.12. The molecule has 1 saturated heterocycles. The van der Waals surface area contributed by atoms with Crippen molar-refractivity contribution in [2.45, 2.75) is 46.1 Å². The molecular formula is C14H22N4O. The summed E-state index contributed by atoms with van der Waals surface area (Å²) < 4.78 is 0. The van der Waals surface area contributed by atoms with Gasteiger partial charge < -0.3 is 10.2 Å². The molecule has 1 aliphatic heterocycles. The third kappa shape index (κ3) is 3.91. The summed E-state index contributed by atoms with van der Waals surface area (Å²) in [5, 5.41) is 3.19.